The second-order valence-corrected chi connectivity index (χ2v) is 5.91. The quantitative estimate of drug-likeness (QED) is 0.926. The second kappa shape index (κ2) is 5.55. The molecule has 0 fully saturated rings. The van der Waals surface area contributed by atoms with E-state index in [1.165, 1.54) is 4.88 Å². The smallest absolute Gasteiger partial charge is 0.168 e. The summed E-state index contributed by atoms with van der Waals surface area (Å²) in [6.45, 7) is 0.558. The van der Waals surface area contributed by atoms with Gasteiger partial charge in [0.25, 0.3) is 0 Å². The number of rotatable bonds is 4. The molecule has 2 nitrogen and oxygen atoms in total. The Hall–Kier alpha value is -1.01. The van der Waals surface area contributed by atoms with Crippen LogP contribution in [0.15, 0.2) is 28.2 Å². The van der Waals surface area contributed by atoms with E-state index in [0.717, 1.165) is 22.5 Å². The fourth-order valence-corrected chi connectivity index (χ4v) is 2.82. The van der Waals surface area contributed by atoms with Crippen LogP contribution < -0.4 is 5.32 Å². The predicted octanol–water partition coefficient (Wildman–Crippen LogP) is 3.84. The molecule has 90 valence electrons. The molecule has 0 atom stereocenters. The average Bonchev–Trinajstić information content (AvgIpc) is 2.68. The van der Waals surface area contributed by atoms with Crippen LogP contribution in [0.2, 0.25) is 0 Å². The second-order valence-electron chi connectivity index (χ2n) is 3.37. The minimum atomic E-state index is -0.671. The molecule has 17 heavy (non-hydrogen) atoms. The number of pyridine rings is 1. The Bertz CT molecular complexity index is 516. The number of halogens is 3. The van der Waals surface area contributed by atoms with Crippen molar-refractivity contribution in [3.05, 3.63) is 44.7 Å². The number of aromatic nitrogens is 1. The van der Waals surface area contributed by atoms with Crippen LogP contribution in [0.1, 0.15) is 4.88 Å². The Morgan fingerprint density at radius 3 is 2.82 bits per heavy atom. The van der Waals surface area contributed by atoms with Crippen LogP contribution in [0.25, 0.3) is 0 Å². The first-order valence-electron chi connectivity index (χ1n) is 4.94. The summed E-state index contributed by atoms with van der Waals surface area (Å²) >= 11 is 5.00. The molecule has 6 heteroatoms. The van der Waals surface area contributed by atoms with Gasteiger partial charge >= 0.3 is 0 Å². The van der Waals surface area contributed by atoms with Gasteiger partial charge in [0.1, 0.15) is 5.82 Å². The lowest BCUT2D eigenvalue weighted by Crippen LogP contribution is -2.07. The maximum atomic E-state index is 13.2. The highest BCUT2D eigenvalue weighted by molar-refractivity contribution is 9.11. The molecule has 0 saturated heterocycles. The topological polar surface area (TPSA) is 24.9 Å². The molecule has 0 bridgehead atoms. The molecule has 1 N–H and O–H groups in total. The molecule has 0 spiro atoms. The Morgan fingerprint density at radius 1 is 1.35 bits per heavy atom. The van der Waals surface area contributed by atoms with Gasteiger partial charge in [-0.2, -0.15) is 0 Å². The molecule has 2 aromatic heterocycles. The van der Waals surface area contributed by atoms with Crippen molar-refractivity contribution in [1.29, 1.82) is 0 Å². The first-order chi connectivity index (χ1) is 8.15. The molecule has 2 heterocycles. The summed E-state index contributed by atoms with van der Waals surface area (Å²) in [6, 6.07) is 4.79. The fraction of sp³-hybridized carbons (Fsp3) is 0.182. The largest absolute Gasteiger partial charge is 0.367 e. The number of hydrogen-bond donors (Lipinski definition) is 1. The lowest BCUT2D eigenvalue weighted by Gasteiger charge is -2.05. The number of anilines is 1. The van der Waals surface area contributed by atoms with E-state index < -0.39 is 11.6 Å². The zero-order chi connectivity index (χ0) is 12.3. The minimum Gasteiger partial charge on any atom is -0.367 e. The third-order valence-electron chi connectivity index (χ3n) is 2.10. The summed E-state index contributed by atoms with van der Waals surface area (Å²) in [6.07, 6.45) is 1.77. The first kappa shape index (κ1) is 12.4. The molecule has 0 aliphatic heterocycles. The molecule has 0 radical (unpaired) electrons. The van der Waals surface area contributed by atoms with E-state index in [1.807, 2.05) is 12.1 Å². The van der Waals surface area contributed by atoms with Gasteiger partial charge in [0, 0.05) is 17.5 Å². The van der Waals surface area contributed by atoms with Gasteiger partial charge in [-0.25, -0.2) is 13.8 Å². The van der Waals surface area contributed by atoms with Gasteiger partial charge in [-0.1, -0.05) is 0 Å². The maximum absolute atomic E-state index is 13.2. The third-order valence-corrected chi connectivity index (χ3v) is 3.78. The van der Waals surface area contributed by atoms with E-state index in [1.54, 1.807) is 11.3 Å². The highest BCUT2D eigenvalue weighted by Gasteiger charge is 2.05. The number of hydrogen-bond acceptors (Lipinski definition) is 3. The van der Waals surface area contributed by atoms with Crippen LogP contribution >= 0.6 is 27.3 Å². The fourth-order valence-electron chi connectivity index (χ4n) is 1.33. The molecule has 2 rings (SSSR count). The summed E-state index contributed by atoms with van der Waals surface area (Å²) in [5.74, 6) is -1.25. The van der Waals surface area contributed by atoms with Gasteiger partial charge in [-0.3, -0.25) is 0 Å². The number of nitrogens with zero attached hydrogens (tertiary/aromatic N) is 1. The van der Waals surface area contributed by atoms with Gasteiger partial charge in [-0.05, 0) is 34.5 Å². The molecule has 0 aromatic carbocycles. The van der Waals surface area contributed by atoms with Crippen molar-refractivity contribution in [3.8, 4) is 0 Å². The van der Waals surface area contributed by atoms with Crippen molar-refractivity contribution >= 4 is 33.1 Å². The van der Waals surface area contributed by atoms with Crippen LogP contribution in [-0.2, 0) is 6.42 Å². The van der Waals surface area contributed by atoms with Crippen LogP contribution in [0, 0.1) is 11.6 Å². The summed E-state index contributed by atoms with van der Waals surface area (Å²) in [5, 5.41) is 2.84. The van der Waals surface area contributed by atoms with Crippen LogP contribution in [0.3, 0.4) is 0 Å². The molecular weight excluding hydrogens is 310 g/mol. The van der Waals surface area contributed by atoms with Crippen LogP contribution in [-0.4, -0.2) is 11.5 Å². The van der Waals surface area contributed by atoms with E-state index in [2.05, 4.69) is 26.2 Å². The van der Waals surface area contributed by atoms with Gasteiger partial charge in [0.05, 0.1) is 9.98 Å². The molecule has 0 saturated carbocycles. The molecule has 2 aromatic rings. The lowest BCUT2D eigenvalue weighted by atomic mass is 10.3. The number of thiophene rings is 1. The van der Waals surface area contributed by atoms with E-state index in [9.17, 15) is 8.78 Å². The van der Waals surface area contributed by atoms with Crippen molar-refractivity contribution in [2.24, 2.45) is 0 Å². The van der Waals surface area contributed by atoms with Crippen molar-refractivity contribution in [3.63, 3.8) is 0 Å². The molecule has 0 aliphatic carbocycles. The predicted molar refractivity (Wildman–Crippen MR) is 68.4 cm³/mol. The Morgan fingerprint density at radius 2 is 2.18 bits per heavy atom. The SMILES string of the molecule is Fc1cnc(NCCc2ccc(Br)s2)c(F)c1. The normalized spacial score (nSPS) is 10.5. The highest BCUT2D eigenvalue weighted by Crippen LogP contribution is 2.22. The van der Waals surface area contributed by atoms with Gasteiger partial charge in [-0.15, -0.1) is 11.3 Å². The van der Waals surface area contributed by atoms with Crippen molar-refractivity contribution in [1.82, 2.24) is 4.98 Å². The Balaban J connectivity index is 1.90. The van der Waals surface area contributed by atoms with Crippen molar-refractivity contribution < 1.29 is 8.78 Å². The van der Waals surface area contributed by atoms with Crippen LogP contribution in [0.4, 0.5) is 14.6 Å². The van der Waals surface area contributed by atoms with Gasteiger partial charge < -0.3 is 5.32 Å². The molecule has 0 unspecified atom stereocenters. The molecular formula is C11H9BrF2N2S. The van der Waals surface area contributed by atoms with E-state index in [-0.39, 0.29) is 5.82 Å². The lowest BCUT2D eigenvalue weighted by molar-refractivity contribution is 0.575. The van der Waals surface area contributed by atoms with Gasteiger partial charge in [0.15, 0.2) is 11.6 Å². The summed E-state index contributed by atoms with van der Waals surface area (Å²) in [5.41, 5.74) is 0. The zero-order valence-electron chi connectivity index (χ0n) is 8.71. The van der Waals surface area contributed by atoms with E-state index in [0.29, 0.717) is 6.54 Å². The summed E-state index contributed by atoms with van der Waals surface area (Å²) in [7, 11) is 0. The summed E-state index contributed by atoms with van der Waals surface area (Å²) < 4.78 is 26.9. The third kappa shape index (κ3) is 3.47. The monoisotopic (exact) mass is 318 g/mol. The highest BCUT2D eigenvalue weighted by atomic mass is 79.9. The van der Waals surface area contributed by atoms with Crippen molar-refractivity contribution in [2.45, 2.75) is 6.42 Å². The first-order valence-corrected chi connectivity index (χ1v) is 6.55. The zero-order valence-corrected chi connectivity index (χ0v) is 11.1. The maximum Gasteiger partial charge on any atom is 0.168 e. The standard InChI is InChI=1S/C11H9BrF2N2S/c12-10-2-1-8(17-10)3-4-15-11-9(14)5-7(13)6-16-11/h1-2,5-6H,3-4H2,(H,15,16). The Labute approximate surface area is 110 Å². The molecule has 0 aliphatic rings. The van der Waals surface area contributed by atoms with E-state index in [4.69, 9.17) is 0 Å². The average molecular weight is 319 g/mol. The number of nitrogens with one attached hydrogen (secondary N) is 1. The van der Waals surface area contributed by atoms with Crippen molar-refractivity contribution in [2.75, 3.05) is 11.9 Å². The van der Waals surface area contributed by atoms with E-state index >= 15 is 0 Å². The van der Waals surface area contributed by atoms with Gasteiger partial charge in [0.2, 0.25) is 0 Å². The molecule has 0 amide bonds. The minimum absolute atomic E-state index is 0.0852. The Kier molecular flexibility index (Phi) is 4.06. The summed E-state index contributed by atoms with van der Waals surface area (Å²) in [4.78, 5) is 4.83. The van der Waals surface area contributed by atoms with Crippen LogP contribution in [0.5, 0.6) is 0 Å².